The number of aromatic nitrogens is 7. The monoisotopic (exact) mass is 443 g/mol. The number of carbonyl (C=O) groups excluding carboxylic acids is 1. The number of hydrogen-bond donors (Lipinski definition) is 2. The van der Waals surface area contributed by atoms with Crippen molar-refractivity contribution in [2.45, 2.75) is 38.3 Å². The molecule has 0 atom stereocenters. The van der Waals surface area contributed by atoms with Crippen molar-refractivity contribution in [1.82, 2.24) is 40.5 Å². The van der Waals surface area contributed by atoms with Gasteiger partial charge in [-0.3, -0.25) is 4.79 Å². The van der Waals surface area contributed by atoms with E-state index in [1.165, 1.54) is 11.1 Å². The Labute approximate surface area is 188 Å². The van der Waals surface area contributed by atoms with Gasteiger partial charge < -0.3 is 14.6 Å². The molecule has 0 spiro atoms. The molecule has 6 rings (SSSR count). The average molecular weight is 443 g/mol. The van der Waals surface area contributed by atoms with Gasteiger partial charge >= 0.3 is 0 Å². The van der Waals surface area contributed by atoms with E-state index in [2.05, 4.69) is 65.2 Å². The molecule has 0 unspecified atom stereocenters. The zero-order chi connectivity index (χ0) is 22.2. The fourth-order valence-corrected chi connectivity index (χ4v) is 4.35. The van der Waals surface area contributed by atoms with Crippen LogP contribution < -0.4 is 5.32 Å². The van der Waals surface area contributed by atoms with Crippen molar-refractivity contribution in [3.63, 3.8) is 0 Å². The van der Waals surface area contributed by atoms with Crippen LogP contribution in [0.2, 0.25) is 0 Å². The minimum absolute atomic E-state index is 0.0307. The maximum absolute atomic E-state index is 12.6. The van der Waals surface area contributed by atoms with E-state index < -0.39 is 0 Å². The molecule has 166 valence electrons. The molecule has 1 aliphatic carbocycles. The number of nitrogens with zero attached hydrogens (tertiary/aromatic N) is 7. The van der Waals surface area contributed by atoms with Crippen molar-refractivity contribution < 1.29 is 9.21 Å². The first kappa shape index (κ1) is 19.5. The molecule has 0 bridgehead atoms. The quantitative estimate of drug-likeness (QED) is 0.468. The van der Waals surface area contributed by atoms with Gasteiger partial charge in [-0.15, -0.1) is 10.2 Å². The second-order valence-electron chi connectivity index (χ2n) is 8.27. The number of nitrogens with one attached hydrogen (secondary N) is 2. The third kappa shape index (κ3) is 3.93. The van der Waals surface area contributed by atoms with Crippen LogP contribution in [0.15, 0.2) is 41.1 Å². The van der Waals surface area contributed by atoms with Crippen LogP contribution in [0.5, 0.6) is 0 Å². The van der Waals surface area contributed by atoms with Crippen LogP contribution >= 0.6 is 0 Å². The molecular weight excluding hydrogens is 422 g/mol. The fraction of sp³-hybridized carbons (Fsp3) is 0.318. The van der Waals surface area contributed by atoms with Gasteiger partial charge in [0.2, 0.25) is 17.7 Å². The van der Waals surface area contributed by atoms with Gasteiger partial charge in [0, 0.05) is 31.4 Å². The first-order valence-electron chi connectivity index (χ1n) is 10.9. The summed E-state index contributed by atoms with van der Waals surface area (Å²) in [5.74, 6) is 1.01. The zero-order valence-corrected chi connectivity index (χ0v) is 17.7. The topological polar surface area (TPSA) is 139 Å². The molecule has 1 aliphatic heterocycles. The van der Waals surface area contributed by atoms with Gasteiger partial charge in [-0.1, -0.05) is 24.3 Å². The number of amides is 1. The largest absolute Gasteiger partial charge is 0.420 e. The molecule has 1 aromatic carbocycles. The molecule has 0 saturated carbocycles. The molecule has 3 aromatic heterocycles. The Morgan fingerprint density at radius 3 is 2.64 bits per heavy atom. The summed E-state index contributed by atoms with van der Waals surface area (Å²) in [5.41, 5.74) is 5.05. The number of aromatic amines is 1. The van der Waals surface area contributed by atoms with Crippen LogP contribution in [0.3, 0.4) is 0 Å². The Balaban J connectivity index is 1.07. The highest BCUT2D eigenvalue weighted by Gasteiger charge is 2.25. The lowest BCUT2D eigenvalue weighted by Crippen LogP contribution is -2.37. The zero-order valence-electron chi connectivity index (χ0n) is 17.7. The maximum Gasteiger partial charge on any atom is 0.250 e. The summed E-state index contributed by atoms with van der Waals surface area (Å²) in [6.45, 7) is 1.02. The van der Waals surface area contributed by atoms with Crippen LogP contribution in [0, 0.1) is 0 Å². The van der Waals surface area contributed by atoms with E-state index in [0.29, 0.717) is 31.0 Å². The average Bonchev–Trinajstić information content (AvgIpc) is 3.58. The number of H-pyrrole nitrogens is 1. The molecule has 11 nitrogen and oxygen atoms in total. The number of benzene rings is 1. The first-order chi connectivity index (χ1) is 16.2. The number of fused-ring (bicyclic) bond motifs is 2. The van der Waals surface area contributed by atoms with Crippen LogP contribution in [-0.2, 0) is 37.0 Å². The summed E-state index contributed by atoms with van der Waals surface area (Å²) in [7, 11) is 0. The van der Waals surface area contributed by atoms with Crippen molar-refractivity contribution in [3.05, 3.63) is 65.1 Å². The number of rotatable bonds is 5. The SMILES string of the molecule is O=C(Cc1nnc(-c2cnc(NC3Cc4ccccc4C3)nc2)o1)N1CCc2n[nH]nc2C1. The van der Waals surface area contributed by atoms with Crippen molar-refractivity contribution in [2.75, 3.05) is 11.9 Å². The standard InChI is InChI=1S/C22H21N9O2/c32-20(31-6-5-17-18(12-31)27-30-26-17)9-19-28-29-21(33-19)15-10-23-22(24-11-15)25-16-7-13-3-1-2-4-14(13)8-16/h1-4,10-11,16H,5-9,12H2,(H,23,24,25)(H,26,27,30). The van der Waals surface area contributed by atoms with Gasteiger partial charge in [-0.25, -0.2) is 9.97 Å². The molecular formula is C22H21N9O2. The lowest BCUT2D eigenvalue weighted by atomic mass is 10.1. The van der Waals surface area contributed by atoms with E-state index in [1.54, 1.807) is 17.3 Å². The summed E-state index contributed by atoms with van der Waals surface area (Å²) in [4.78, 5) is 23.2. The lowest BCUT2D eigenvalue weighted by molar-refractivity contribution is -0.131. The number of anilines is 1. The van der Waals surface area contributed by atoms with Gasteiger partial charge in [-0.05, 0) is 24.0 Å². The van der Waals surface area contributed by atoms with Crippen LogP contribution in [0.4, 0.5) is 5.95 Å². The van der Waals surface area contributed by atoms with Gasteiger partial charge in [0.05, 0.1) is 17.8 Å². The fourth-order valence-electron chi connectivity index (χ4n) is 4.35. The molecule has 11 heteroatoms. The lowest BCUT2D eigenvalue weighted by Gasteiger charge is -2.24. The van der Waals surface area contributed by atoms with E-state index in [0.717, 1.165) is 24.2 Å². The predicted molar refractivity (Wildman–Crippen MR) is 116 cm³/mol. The molecule has 0 saturated heterocycles. The molecule has 2 N–H and O–H groups in total. The van der Waals surface area contributed by atoms with E-state index in [9.17, 15) is 4.79 Å². The van der Waals surface area contributed by atoms with Crippen molar-refractivity contribution in [3.8, 4) is 11.5 Å². The Hall–Kier alpha value is -4.15. The predicted octanol–water partition coefficient (Wildman–Crippen LogP) is 1.35. The Bertz CT molecular complexity index is 1270. The summed E-state index contributed by atoms with van der Waals surface area (Å²) >= 11 is 0. The summed E-state index contributed by atoms with van der Waals surface area (Å²) in [6.07, 6.45) is 5.91. The van der Waals surface area contributed by atoms with Gasteiger partial charge in [0.15, 0.2) is 0 Å². The molecule has 2 aliphatic rings. The van der Waals surface area contributed by atoms with Gasteiger partial charge in [-0.2, -0.15) is 15.4 Å². The Kier molecular flexibility index (Phi) is 4.78. The van der Waals surface area contributed by atoms with Crippen LogP contribution in [0.1, 0.15) is 28.4 Å². The number of hydrogen-bond acceptors (Lipinski definition) is 9. The van der Waals surface area contributed by atoms with Crippen LogP contribution in [0.25, 0.3) is 11.5 Å². The minimum atomic E-state index is -0.0905. The molecule has 0 fully saturated rings. The van der Waals surface area contributed by atoms with Crippen molar-refractivity contribution in [1.29, 1.82) is 0 Å². The molecule has 4 heterocycles. The second-order valence-corrected chi connectivity index (χ2v) is 8.27. The normalized spacial score (nSPS) is 15.3. The third-order valence-corrected chi connectivity index (χ3v) is 6.07. The second kappa shape index (κ2) is 8.08. The smallest absolute Gasteiger partial charge is 0.250 e. The highest BCUT2D eigenvalue weighted by atomic mass is 16.4. The third-order valence-electron chi connectivity index (χ3n) is 6.07. The highest BCUT2D eigenvalue weighted by Crippen LogP contribution is 2.24. The molecule has 4 aromatic rings. The maximum atomic E-state index is 12.6. The molecule has 0 radical (unpaired) electrons. The van der Waals surface area contributed by atoms with Crippen molar-refractivity contribution >= 4 is 11.9 Å². The van der Waals surface area contributed by atoms with Crippen molar-refractivity contribution in [2.24, 2.45) is 0 Å². The van der Waals surface area contributed by atoms with E-state index in [4.69, 9.17) is 4.42 Å². The summed E-state index contributed by atoms with van der Waals surface area (Å²) < 4.78 is 5.70. The molecule has 33 heavy (non-hydrogen) atoms. The van der Waals surface area contributed by atoms with E-state index in [-0.39, 0.29) is 30.2 Å². The first-order valence-corrected chi connectivity index (χ1v) is 10.9. The summed E-state index contributed by atoms with van der Waals surface area (Å²) in [6, 6.07) is 8.73. The van der Waals surface area contributed by atoms with E-state index in [1.807, 2.05) is 0 Å². The Morgan fingerprint density at radius 2 is 1.85 bits per heavy atom. The minimum Gasteiger partial charge on any atom is -0.420 e. The Morgan fingerprint density at radius 1 is 1.09 bits per heavy atom. The van der Waals surface area contributed by atoms with E-state index >= 15 is 0 Å². The summed E-state index contributed by atoms with van der Waals surface area (Å²) in [5, 5.41) is 22.2. The van der Waals surface area contributed by atoms with Crippen LogP contribution in [-0.4, -0.2) is 59.0 Å². The number of carbonyl (C=O) groups is 1. The van der Waals surface area contributed by atoms with Gasteiger partial charge in [0.1, 0.15) is 12.1 Å². The van der Waals surface area contributed by atoms with Gasteiger partial charge in [0.25, 0.3) is 5.89 Å². The highest BCUT2D eigenvalue weighted by molar-refractivity contribution is 5.78. The molecule has 1 amide bonds.